The molecule has 1 aromatic carbocycles. The number of halogens is 1. The SMILES string of the molecule is CCNC(=NCc1ccc(N2CCCC2=O)cc1)NCC(c1ccco1)N(C)C.I. The number of amides is 1. The lowest BCUT2D eigenvalue weighted by atomic mass is 10.2. The quantitative estimate of drug-likeness (QED) is 0.314. The summed E-state index contributed by atoms with van der Waals surface area (Å²) in [5, 5.41) is 6.70. The normalized spacial score (nSPS) is 15.3. The van der Waals surface area contributed by atoms with Gasteiger partial charge >= 0.3 is 0 Å². The number of anilines is 1. The first kappa shape index (κ1) is 24.2. The van der Waals surface area contributed by atoms with Gasteiger partial charge in [-0.05, 0) is 57.3 Å². The predicted octanol–water partition coefficient (Wildman–Crippen LogP) is 3.38. The molecule has 0 spiro atoms. The van der Waals surface area contributed by atoms with Crippen molar-refractivity contribution in [2.24, 2.45) is 4.99 Å². The number of nitrogens with one attached hydrogen (secondary N) is 2. The van der Waals surface area contributed by atoms with Gasteiger partial charge < -0.3 is 20.0 Å². The standard InChI is InChI=1S/C22H31N5O2.HI/c1-4-23-22(25-16-19(26(2)3)20-7-6-14-29-20)24-15-17-9-11-18(12-10-17)27-13-5-8-21(27)28;/h6-7,9-12,14,19H,4-5,8,13,15-16H2,1-3H3,(H2,23,24,25);1H. The zero-order valence-electron chi connectivity index (χ0n) is 17.9. The lowest BCUT2D eigenvalue weighted by Crippen LogP contribution is -2.41. The molecule has 0 radical (unpaired) electrons. The van der Waals surface area contributed by atoms with E-state index in [0.717, 1.165) is 42.5 Å². The molecule has 2 aromatic rings. The average Bonchev–Trinajstić information content (AvgIpc) is 3.38. The monoisotopic (exact) mass is 525 g/mol. The maximum absolute atomic E-state index is 11.9. The number of nitrogens with zero attached hydrogens (tertiary/aromatic N) is 3. The van der Waals surface area contributed by atoms with E-state index >= 15 is 0 Å². The Labute approximate surface area is 195 Å². The summed E-state index contributed by atoms with van der Waals surface area (Å²) in [6.45, 7) is 4.90. The minimum atomic E-state index is 0. The van der Waals surface area contributed by atoms with Gasteiger partial charge in [0.05, 0.1) is 18.8 Å². The Morgan fingerprint density at radius 3 is 2.57 bits per heavy atom. The third-order valence-electron chi connectivity index (χ3n) is 5.04. The summed E-state index contributed by atoms with van der Waals surface area (Å²) in [5.41, 5.74) is 2.07. The van der Waals surface area contributed by atoms with Gasteiger partial charge in [-0.25, -0.2) is 4.99 Å². The molecule has 1 aliphatic rings. The number of aliphatic imine (C=N–C) groups is 1. The highest BCUT2D eigenvalue weighted by Gasteiger charge is 2.21. The molecular formula is C22H32IN5O2. The van der Waals surface area contributed by atoms with E-state index in [1.807, 2.05) is 55.4 Å². The maximum atomic E-state index is 11.9. The molecule has 1 saturated heterocycles. The molecule has 0 bridgehead atoms. The summed E-state index contributed by atoms with van der Waals surface area (Å²) < 4.78 is 5.57. The number of carbonyl (C=O) groups excluding carboxylic acids is 1. The zero-order valence-corrected chi connectivity index (χ0v) is 20.3. The van der Waals surface area contributed by atoms with Gasteiger partial charge in [0, 0.05) is 31.7 Å². The van der Waals surface area contributed by atoms with Crippen LogP contribution in [0.3, 0.4) is 0 Å². The summed E-state index contributed by atoms with van der Waals surface area (Å²) in [6.07, 6.45) is 3.29. The Hall–Kier alpha value is -2.07. The van der Waals surface area contributed by atoms with E-state index in [1.165, 1.54) is 0 Å². The first-order valence-electron chi connectivity index (χ1n) is 10.2. The van der Waals surface area contributed by atoms with Crippen LogP contribution in [0.5, 0.6) is 0 Å². The molecule has 1 aliphatic heterocycles. The van der Waals surface area contributed by atoms with Crippen molar-refractivity contribution in [1.29, 1.82) is 0 Å². The van der Waals surface area contributed by atoms with Crippen LogP contribution >= 0.6 is 24.0 Å². The molecule has 7 nitrogen and oxygen atoms in total. The summed E-state index contributed by atoms with van der Waals surface area (Å²) in [6, 6.07) is 12.1. The van der Waals surface area contributed by atoms with Gasteiger partial charge in [0.15, 0.2) is 5.96 Å². The third-order valence-corrected chi connectivity index (χ3v) is 5.04. The van der Waals surface area contributed by atoms with Crippen LogP contribution in [0, 0.1) is 0 Å². The number of hydrogen-bond donors (Lipinski definition) is 2. The van der Waals surface area contributed by atoms with E-state index in [9.17, 15) is 4.79 Å². The van der Waals surface area contributed by atoms with Crippen molar-refractivity contribution < 1.29 is 9.21 Å². The lowest BCUT2D eigenvalue weighted by molar-refractivity contribution is -0.117. The van der Waals surface area contributed by atoms with Crippen molar-refractivity contribution in [3.05, 3.63) is 54.0 Å². The van der Waals surface area contributed by atoms with E-state index in [2.05, 4.69) is 22.5 Å². The van der Waals surface area contributed by atoms with Gasteiger partial charge in [-0.2, -0.15) is 0 Å². The number of furan rings is 1. The van der Waals surface area contributed by atoms with Crippen LogP contribution in [0.15, 0.2) is 52.1 Å². The van der Waals surface area contributed by atoms with Crippen LogP contribution in [0.4, 0.5) is 5.69 Å². The number of carbonyl (C=O) groups is 1. The molecule has 0 saturated carbocycles. The molecule has 1 fully saturated rings. The van der Waals surface area contributed by atoms with E-state index in [1.54, 1.807) is 6.26 Å². The summed E-state index contributed by atoms with van der Waals surface area (Å²) in [4.78, 5) is 20.6. The maximum Gasteiger partial charge on any atom is 0.227 e. The summed E-state index contributed by atoms with van der Waals surface area (Å²) in [5.74, 6) is 1.90. The lowest BCUT2D eigenvalue weighted by Gasteiger charge is -2.23. The Bertz CT molecular complexity index is 805. The van der Waals surface area contributed by atoms with E-state index in [-0.39, 0.29) is 35.9 Å². The van der Waals surface area contributed by atoms with Crippen LogP contribution in [0.2, 0.25) is 0 Å². The van der Waals surface area contributed by atoms with Crippen LogP contribution in [0.1, 0.15) is 37.1 Å². The van der Waals surface area contributed by atoms with Crippen molar-refractivity contribution in [2.75, 3.05) is 38.6 Å². The topological polar surface area (TPSA) is 73.1 Å². The zero-order chi connectivity index (χ0) is 20.6. The molecule has 1 unspecified atom stereocenters. The molecule has 3 rings (SSSR count). The molecule has 8 heteroatoms. The molecule has 2 heterocycles. The Balaban J connectivity index is 0.00000320. The van der Waals surface area contributed by atoms with Crippen molar-refractivity contribution in [1.82, 2.24) is 15.5 Å². The molecule has 1 aromatic heterocycles. The van der Waals surface area contributed by atoms with Crippen molar-refractivity contribution >= 4 is 41.5 Å². The Morgan fingerprint density at radius 1 is 1.23 bits per heavy atom. The van der Waals surface area contributed by atoms with Gasteiger partial charge in [-0.15, -0.1) is 24.0 Å². The van der Waals surface area contributed by atoms with Gasteiger partial charge in [-0.1, -0.05) is 12.1 Å². The highest BCUT2D eigenvalue weighted by molar-refractivity contribution is 14.0. The van der Waals surface area contributed by atoms with Crippen LogP contribution < -0.4 is 15.5 Å². The van der Waals surface area contributed by atoms with Crippen LogP contribution in [-0.4, -0.2) is 50.5 Å². The number of hydrogen-bond acceptors (Lipinski definition) is 4. The van der Waals surface area contributed by atoms with E-state index in [4.69, 9.17) is 9.41 Å². The smallest absolute Gasteiger partial charge is 0.227 e. The van der Waals surface area contributed by atoms with Crippen molar-refractivity contribution in [2.45, 2.75) is 32.4 Å². The molecule has 1 atom stereocenters. The Morgan fingerprint density at radius 2 is 2.00 bits per heavy atom. The fourth-order valence-corrected chi connectivity index (χ4v) is 3.43. The molecule has 30 heavy (non-hydrogen) atoms. The number of rotatable bonds is 8. The first-order valence-corrected chi connectivity index (χ1v) is 10.2. The highest BCUT2D eigenvalue weighted by Crippen LogP contribution is 2.22. The molecule has 164 valence electrons. The second kappa shape index (κ2) is 11.9. The number of benzene rings is 1. The van der Waals surface area contributed by atoms with Crippen molar-refractivity contribution in [3.8, 4) is 0 Å². The molecule has 2 N–H and O–H groups in total. The number of likely N-dealkylation sites (N-methyl/N-ethyl adjacent to an activating group) is 1. The summed E-state index contributed by atoms with van der Waals surface area (Å²) >= 11 is 0. The van der Waals surface area contributed by atoms with Gasteiger partial charge in [0.1, 0.15) is 5.76 Å². The molecular weight excluding hydrogens is 493 g/mol. The highest BCUT2D eigenvalue weighted by atomic mass is 127. The van der Waals surface area contributed by atoms with E-state index < -0.39 is 0 Å². The summed E-state index contributed by atoms with van der Waals surface area (Å²) in [7, 11) is 4.07. The van der Waals surface area contributed by atoms with Crippen molar-refractivity contribution in [3.63, 3.8) is 0 Å². The third kappa shape index (κ3) is 6.46. The minimum absolute atomic E-state index is 0. The number of guanidine groups is 1. The van der Waals surface area contributed by atoms with Gasteiger partial charge in [-0.3, -0.25) is 9.69 Å². The minimum Gasteiger partial charge on any atom is -0.468 e. The van der Waals surface area contributed by atoms with Gasteiger partial charge in [0.2, 0.25) is 5.91 Å². The van der Waals surface area contributed by atoms with E-state index in [0.29, 0.717) is 19.5 Å². The average molecular weight is 525 g/mol. The van der Waals surface area contributed by atoms with Gasteiger partial charge in [0.25, 0.3) is 0 Å². The second-order valence-electron chi connectivity index (χ2n) is 7.39. The van der Waals surface area contributed by atoms with Crippen LogP contribution in [0.25, 0.3) is 0 Å². The molecule has 0 aliphatic carbocycles. The van der Waals surface area contributed by atoms with Crippen LogP contribution in [-0.2, 0) is 11.3 Å². The second-order valence-corrected chi connectivity index (χ2v) is 7.39. The fraction of sp³-hybridized carbons (Fsp3) is 0.455. The largest absolute Gasteiger partial charge is 0.468 e. The molecule has 1 amide bonds. The Kier molecular flexibility index (Phi) is 9.64. The first-order chi connectivity index (χ1) is 14.1. The predicted molar refractivity (Wildman–Crippen MR) is 131 cm³/mol. The fourth-order valence-electron chi connectivity index (χ4n) is 3.43.